The van der Waals surface area contributed by atoms with E-state index >= 15 is 0 Å². The molecule has 0 heterocycles. The molecule has 0 aliphatic heterocycles. The van der Waals surface area contributed by atoms with Crippen LogP contribution in [0, 0.1) is 0 Å². The van der Waals surface area contributed by atoms with Crippen LogP contribution >= 0.6 is 10.1 Å². The SMILES string of the molecule is [Cl][Cu].[NH-]CC(=O)[N-]CC(=O)O. The molecule has 0 aliphatic rings. The molecule has 0 aromatic carbocycles. The van der Waals surface area contributed by atoms with Gasteiger partial charge in [0.2, 0.25) is 0 Å². The first-order chi connectivity index (χ1) is 5.16. The maximum Gasteiger partial charge on any atom is 0.285 e. The van der Waals surface area contributed by atoms with Crippen LogP contribution in [-0.4, -0.2) is 30.1 Å². The number of halogens is 1. The zero-order valence-corrected chi connectivity index (χ0v) is 7.00. The molecule has 0 aromatic heterocycles. The van der Waals surface area contributed by atoms with Crippen molar-refractivity contribution in [2.24, 2.45) is 0 Å². The molecule has 0 unspecified atom stereocenters. The molecule has 0 rings (SSSR count). The van der Waals surface area contributed by atoms with E-state index in [1.165, 1.54) is 0 Å². The molecule has 2 N–H and O–H groups in total. The third-order valence-electron chi connectivity index (χ3n) is 0.542. The number of carboxylic acids is 1. The minimum atomic E-state index is -1.16. The molecule has 7 heteroatoms. The zero-order chi connectivity index (χ0) is 9.28. The Morgan fingerprint density at radius 1 is 1.55 bits per heavy atom. The van der Waals surface area contributed by atoms with Gasteiger partial charge < -0.3 is 21.0 Å². The van der Waals surface area contributed by atoms with Gasteiger partial charge in [0.05, 0.1) is 0 Å². The minimum Gasteiger partial charge on any atom is -0.673 e. The Morgan fingerprint density at radius 3 is 2.27 bits per heavy atom. The predicted molar refractivity (Wildman–Crippen MR) is 35.9 cm³/mol. The van der Waals surface area contributed by atoms with Crippen molar-refractivity contribution in [1.82, 2.24) is 0 Å². The zero-order valence-electron chi connectivity index (χ0n) is 5.30. The molecule has 0 spiro atoms. The normalized spacial score (nSPS) is 7.64. The van der Waals surface area contributed by atoms with Gasteiger partial charge in [0.15, 0.2) is 0 Å². The van der Waals surface area contributed by atoms with Gasteiger partial charge in [-0.15, -0.1) is 6.54 Å². The van der Waals surface area contributed by atoms with E-state index in [0.717, 1.165) is 0 Å². The van der Waals surface area contributed by atoms with Crippen molar-refractivity contribution >= 4 is 22.0 Å². The molecule has 5 nitrogen and oxygen atoms in total. The van der Waals surface area contributed by atoms with Crippen molar-refractivity contribution in [3.63, 3.8) is 0 Å². The molecular weight excluding hydrogens is 223 g/mol. The molecule has 0 bridgehead atoms. The summed E-state index contributed by atoms with van der Waals surface area (Å²) >= 11 is 3.66. The number of carboxylic acid groups (broad SMARTS) is 1. The molecule has 0 saturated heterocycles. The Bertz CT molecular complexity index is 133. The fourth-order valence-electron chi connectivity index (χ4n) is 0.212. The third-order valence-corrected chi connectivity index (χ3v) is 0.542. The molecule has 0 atom stereocenters. The van der Waals surface area contributed by atoms with E-state index in [2.05, 4.69) is 30.5 Å². The fraction of sp³-hybridized carbons (Fsp3) is 0.500. The summed E-state index contributed by atoms with van der Waals surface area (Å²) in [6, 6.07) is 0. The van der Waals surface area contributed by atoms with Crippen LogP contribution in [0.1, 0.15) is 0 Å². The number of nitrogens with one attached hydrogen (secondary N) is 1. The van der Waals surface area contributed by atoms with Crippen molar-refractivity contribution in [3.05, 3.63) is 11.1 Å². The quantitative estimate of drug-likeness (QED) is 0.722. The van der Waals surface area contributed by atoms with Crippen molar-refractivity contribution in [1.29, 1.82) is 0 Å². The number of aliphatic carboxylic acids is 1. The first-order valence-corrected chi connectivity index (χ1v) is 3.64. The van der Waals surface area contributed by atoms with E-state index in [9.17, 15) is 9.59 Å². The molecule has 70 valence electrons. The van der Waals surface area contributed by atoms with Gasteiger partial charge in [-0.05, 0) is 6.54 Å². The minimum absolute atomic E-state index is 0.479. The van der Waals surface area contributed by atoms with Crippen molar-refractivity contribution < 1.29 is 29.8 Å². The average Bonchev–Trinajstić information content (AvgIpc) is 2.04. The van der Waals surface area contributed by atoms with Crippen LogP contribution in [0.15, 0.2) is 0 Å². The Balaban J connectivity index is 0. The van der Waals surface area contributed by atoms with Gasteiger partial charge in [-0.1, -0.05) is 0 Å². The number of carbonyl (C=O) groups is 2. The maximum absolute atomic E-state index is 10.1. The van der Waals surface area contributed by atoms with E-state index in [0.29, 0.717) is 0 Å². The summed E-state index contributed by atoms with van der Waals surface area (Å²) in [7, 11) is 4.20. The summed E-state index contributed by atoms with van der Waals surface area (Å²) in [5, 5.41) is 11.0. The van der Waals surface area contributed by atoms with E-state index in [1.807, 2.05) is 0 Å². The van der Waals surface area contributed by atoms with Crippen LogP contribution in [0.5, 0.6) is 0 Å². The number of amides is 1. The molecule has 1 amide bonds. The summed E-state index contributed by atoms with van der Waals surface area (Å²) in [5.74, 6) is -1.85. The summed E-state index contributed by atoms with van der Waals surface area (Å²) < 4.78 is 0. The van der Waals surface area contributed by atoms with Crippen LogP contribution in [0.2, 0.25) is 0 Å². The second-order valence-electron chi connectivity index (χ2n) is 1.28. The Morgan fingerprint density at radius 2 is 2.00 bits per heavy atom. The summed E-state index contributed by atoms with van der Waals surface area (Å²) in [6.07, 6.45) is 0. The number of nitrogens with zero attached hydrogens (tertiary/aromatic N) is 1. The Labute approximate surface area is 76.3 Å². The van der Waals surface area contributed by atoms with Gasteiger partial charge in [0.25, 0.3) is 5.97 Å². The predicted octanol–water partition coefficient (Wildman–Crippen LogP) is 0.710. The fourth-order valence-corrected chi connectivity index (χ4v) is 0.212. The number of hydrogen-bond acceptors (Lipinski definition) is 2. The summed E-state index contributed by atoms with van der Waals surface area (Å²) in [4.78, 5) is 19.8. The van der Waals surface area contributed by atoms with Gasteiger partial charge >= 0.3 is 25.2 Å². The molecule has 0 fully saturated rings. The van der Waals surface area contributed by atoms with Crippen molar-refractivity contribution in [2.75, 3.05) is 13.1 Å². The van der Waals surface area contributed by atoms with Gasteiger partial charge in [-0.2, -0.15) is 0 Å². The van der Waals surface area contributed by atoms with Gasteiger partial charge in [0.1, 0.15) is 0 Å². The topological polar surface area (TPSA) is 92.3 Å². The smallest absolute Gasteiger partial charge is 0.285 e. The summed E-state index contributed by atoms with van der Waals surface area (Å²) in [6.45, 7) is -1.01. The van der Waals surface area contributed by atoms with Crippen molar-refractivity contribution in [2.45, 2.75) is 0 Å². The number of carbonyl (C=O) groups excluding carboxylic acids is 1. The van der Waals surface area contributed by atoms with E-state index in [1.54, 1.807) is 0 Å². The second kappa shape index (κ2) is 9.71. The van der Waals surface area contributed by atoms with Crippen LogP contribution in [0.3, 0.4) is 0 Å². The monoisotopic (exact) mass is 228 g/mol. The van der Waals surface area contributed by atoms with Crippen molar-refractivity contribution in [3.8, 4) is 0 Å². The molecular formula is C4H6ClCuN2O3-2. The van der Waals surface area contributed by atoms with Gasteiger partial charge in [-0.25, -0.2) is 0 Å². The Hall–Kier alpha value is -0.291. The van der Waals surface area contributed by atoms with E-state index in [4.69, 9.17) is 10.8 Å². The van der Waals surface area contributed by atoms with Crippen LogP contribution in [-0.2, 0) is 24.7 Å². The van der Waals surface area contributed by atoms with Gasteiger partial charge in [-0.3, -0.25) is 4.79 Å². The molecule has 11 heavy (non-hydrogen) atoms. The first kappa shape index (κ1) is 13.3. The third kappa shape index (κ3) is 12.8. The summed E-state index contributed by atoms with van der Waals surface area (Å²) in [5.41, 5.74) is 6.42. The first-order valence-electron chi connectivity index (χ1n) is 2.35. The Kier molecular flexibility index (Phi) is 11.7. The molecule has 0 saturated carbocycles. The largest absolute Gasteiger partial charge is 0.673 e. The number of rotatable bonds is 3. The van der Waals surface area contributed by atoms with Crippen LogP contribution in [0.4, 0.5) is 0 Å². The molecule has 0 aromatic rings. The van der Waals surface area contributed by atoms with Crippen LogP contribution < -0.4 is 0 Å². The van der Waals surface area contributed by atoms with E-state index in [-0.39, 0.29) is 0 Å². The van der Waals surface area contributed by atoms with Crippen LogP contribution in [0.25, 0.3) is 11.1 Å². The van der Waals surface area contributed by atoms with Gasteiger partial charge in [0, 0.05) is 5.91 Å². The molecule has 0 radical (unpaired) electrons. The second-order valence-corrected chi connectivity index (χ2v) is 1.28. The molecule has 0 aliphatic carbocycles. The maximum atomic E-state index is 10.1. The number of hydrogen-bond donors (Lipinski definition) is 1. The average molecular weight is 229 g/mol. The standard InChI is InChI=1S/C4H7N2O3.ClH.Cu/c5-1-3(7)6-2-4(8)9;;/h5H,1-2H2,(H2,6,7,8,9);1H;/q-1;;+1/p-2. The van der Waals surface area contributed by atoms with E-state index < -0.39 is 25.0 Å².